The molecule has 1 aromatic rings. The maximum atomic E-state index is 10.5. The van der Waals surface area contributed by atoms with E-state index >= 15 is 0 Å². The molecule has 1 heterocycles. The molecule has 0 unspecified atom stereocenters. The Morgan fingerprint density at radius 1 is 1.62 bits per heavy atom. The Labute approximate surface area is 72.8 Å². The highest BCUT2D eigenvalue weighted by molar-refractivity contribution is 7.50. The third-order valence-corrected chi connectivity index (χ3v) is 1.89. The standard InChI is InChI=1S/C5H7N2O5P/c8-5(9)4-1-2-6-7(4)3-13(10,11)12/h1-2H,3H2,(H,8,9)(H2,10,11,12). The maximum absolute atomic E-state index is 10.5. The molecule has 0 spiro atoms. The van der Waals surface area contributed by atoms with Crippen LogP contribution < -0.4 is 0 Å². The van der Waals surface area contributed by atoms with Crippen molar-refractivity contribution >= 4 is 13.6 Å². The van der Waals surface area contributed by atoms with Gasteiger partial charge in [-0.3, -0.25) is 4.57 Å². The Morgan fingerprint density at radius 2 is 2.23 bits per heavy atom. The summed E-state index contributed by atoms with van der Waals surface area (Å²) in [6.07, 6.45) is 0.445. The Bertz CT molecular complexity index is 367. The molecule has 0 saturated carbocycles. The van der Waals surface area contributed by atoms with Gasteiger partial charge in [-0.1, -0.05) is 0 Å². The zero-order valence-corrected chi connectivity index (χ0v) is 7.26. The van der Waals surface area contributed by atoms with Crippen LogP contribution >= 0.6 is 7.60 Å². The van der Waals surface area contributed by atoms with E-state index in [2.05, 4.69) is 5.10 Å². The normalized spacial score (nSPS) is 11.5. The van der Waals surface area contributed by atoms with Crippen LogP contribution in [0.3, 0.4) is 0 Å². The summed E-state index contributed by atoms with van der Waals surface area (Å²) >= 11 is 0. The molecule has 8 heteroatoms. The average Bonchev–Trinajstić information content (AvgIpc) is 2.31. The summed E-state index contributed by atoms with van der Waals surface area (Å²) in [5.41, 5.74) is -0.247. The van der Waals surface area contributed by atoms with Gasteiger partial charge in [-0.15, -0.1) is 0 Å². The van der Waals surface area contributed by atoms with E-state index < -0.39 is 19.9 Å². The second-order valence-electron chi connectivity index (χ2n) is 2.33. The van der Waals surface area contributed by atoms with Crippen molar-refractivity contribution in [1.82, 2.24) is 9.78 Å². The summed E-state index contributed by atoms with van der Waals surface area (Å²) < 4.78 is 11.3. The molecule has 0 aliphatic heterocycles. The van der Waals surface area contributed by atoms with Crippen LogP contribution in [0.25, 0.3) is 0 Å². The van der Waals surface area contributed by atoms with Crippen molar-refractivity contribution in [2.75, 3.05) is 0 Å². The fourth-order valence-corrected chi connectivity index (χ4v) is 1.38. The Balaban J connectivity index is 2.96. The van der Waals surface area contributed by atoms with Crippen LogP contribution in [0.4, 0.5) is 0 Å². The van der Waals surface area contributed by atoms with Crippen LogP contribution in [-0.2, 0) is 10.9 Å². The molecule has 1 rings (SSSR count). The first-order valence-electron chi connectivity index (χ1n) is 3.20. The van der Waals surface area contributed by atoms with Gasteiger partial charge in [-0.2, -0.15) is 5.10 Å². The molecule has 0 radical (unpaired) electrons. The number of nitrogens with zero attached hydrogens (tertiary/aromatic N) is 2. The lowest BCUT2D eigenvalue weighted by Gasteiger charge is -2.05. The molecule has 0 aromatic carbocycles. The maximum Gasteiger partial charge on any atom is 0.354 e. The molecule has 0 atom stereocenters. The highest BCUT2D eigenvalue weighted by atomic mass is 31.2. The summed E-state index contributed by atoms with van der Waals surface area (Å²) in [6.45, 7) is 0. The molecule has 0 aliphatic rings. The molecule has 0 saturated heterocycles. The number of hydrogen-bond donors (Lipinski definition) is 3. The van der Waals surface area contributed by atoms with Gasteiger partial charge in [0.25, 0.3) is 0 Å². The molecular weight excluding hydrogens is 199 g/mol. The van der Waals surface area contributed by atoms with Crippen molar-refractivity contribution in [3.63, 3.8) is 0 Å². The Kier molecular flexibility index (Phi) is 2.51. The summed E-state index contributed by atoms with van der Waals surface area (Å²) in [4.78, 5) is 27.6. The van der Waals surface area contributed by atoms with Crippen molar-refractivity contribution < 1.29 is 24.3 Å². The molecule has 0 bridgehead atoms. The summed E-state index contributed by atoms with van der Waals surface area (Å²) in [5, 5.41) is 12.0. The third kappa shape index (κ3) is 2.66. The van der Waals surface area contributed by atoms with Gasteiger partial charge < -0.3 is 14.9 Å². The quantitative estimate of drug-likeness (QED) is 0.586. The van der Waals surface area contributed by atoms with Gasteiger partial charge in [0.15, 0.2) is 0 Å². The molecule has 72 valence electrons. The number of carbonyl (C=O) groups is 1. The van der Waals surface area contributed by atoms with E-state index in [1.165, 1.54) is 6.20 Å². The smallest absolute Gasteiger partial charge is 0.354 e. The number of aromatic carboxylic acids is 1. The predicted molar refractivity (Wildman–Crippen MR) is 41.2 cm³/mol. The monoisotopic (exact) mass is 206 g/mol. The van der Waals surface area contributed by atoms with Crippen LogP contribution in [0.1, 0.15) is 10.5 Å². The molecule has 7 nitrogen and oxygen atoms in total. The molecular formula is C5H7N2O5P. The molecule has 3 N–H and O–H groups in total. The van der Waals surface area contributed by atoms with Gasteiger partial charge in [-0.25, -0.2) is 9.48 Å². The van der Waals surface area contributed by atoms with E-state index in [9.17, 15) is 9.36 Å². The van der Waals surface area contributed by atoms with E-state index in [0.29, 0.717) is 0 Å². The predicted octanol–water partition coefficient (Wildman–Crippen LogP) is -0.284. The Morgan fingerprint density at radius 3 is 2.69 bits per heavy atom. The van der Waals surface area contributed by atoms with E-state index in [-0.39, 0.29) is 5.69 Å². The van der Waals surface area contributed by atoms with E-state index in [1.807, 2.05) is 0 Å². The van der Waals surface area contributed by atoms with Gasteiger partial charge in [0.2, 0.25) is 0 Å². The van der Waals surface area contributed by atoms with Gasteiger partial charge in [0, 0.05) is 6.20 Å². The van der Waals surface area contributed by atoms with Crippen LogP contribution in [0.15, 0.2) is 12.3 Å². The summed E-state index contributed by atoms with van der Waals surface area (Å²) in [5.74, 6) is -1.27. The average molecular weight is 206 g/mol. The van der Waals surface area contributed by atoms with Gasteiger partial charge in [0.1, 0.15) is 12.0 Å². The Hall–Kier alpha value is -1.17. The fourth-order valence-electron chi connectivity index (χ4n) is 0.802. The topological polar surface area (TPSA) is 113 Å². The van der Waals surface area contributed by atoms with Crippen molar-refractivity contribution in [1.29, 1.82) is 0 Å². The lowest BCUT2D eigenvalue weighted by atomic mass is 10.4. The van der Waals surface area contributed by atoms with Crippen LogP contribution in [0.2, 0.25) is 0 Å². The molecule has 13 heavy (non-hydrogen) atoms. The largest absolute Gasteiger partial charge is 0.477 e. The lowest BCUT2D eigenvalue weighted by Crippen LogP contribution is -2.10. The van der Waals surface area contributed by atoms with Crippen LogP contribution in [0.5, 0.6) is 0 Å². The van der Waals surface area contributed by atoms with Crippen molar-refractivity contribution in [3.8, 4) is 0 Å². The van der Waals surface area contributed by atoms with Crippen molar-refractivity contribution in [3.05, 3.63) is 18.0 Å². The van der Waals surface area contributed by atoms with Crippen LogP contribution in [-0.4, -0.2) is 30.6 Å². The van der Waals surface area contributed by atoms with E-state index in [0.717, 1.165) is 10.7 Å². The molecule has 0 fully saturated rings. The first kappa shape index (κ1) is 9.91. The minimum Gasteiger partial charge on any atom is -0.477 e. The number of carboxylic acids is 1. The second-order valence-corrected chi connectivity index (χ2v) is 3.94. The zero-order valence-electron chi connectivity index (χ0n) is 6.36. The second kappa shape index (κ2) is 3.29. The minimum absolute atomic E-state index is 0.247. The lowest BCUT2D eigenvalue weighted by molar-refractivity contribution is 0.0684. The SMILES string of the molecule is O=C(O)c1ccnn1CP(=O)(O)O. The van der Waals surface area contributed by atoms with E-state index in [4.69, 9.17) is 14.9 Å². The first-order valence-corrected chi connectivity index (χ1v) is 4.99. The van der Waals surface area contributed by atoms with Crippen molar-refractivity contribution in [2.24, 2.45) is 0 Å². The fraction of sp³-hybridized carbons (Fsp3) is 0.200. The number of carboxylic acid groups (broad SMARTS) is 1. The number of aromatic nitrogens is 2. The molecule has 0 aliphatic carbocycles. The molecule has 0 amide bonds. The highest BCUT2D eigenvalue weighted by Crippen LogP contribution is 2.36. The summed E-state index contributed by atoms with van der Waals surface area (Å²) in [6, 6.07) is 1.16. The zero-order chi connectivity index (χ0) is 10.1. The van der Waals surface area contributed by atoms with Crippen molar-refractivity contribution in [2.45, 2.75) is 6.29 Å². The van der Waals surface area contributed by atoms with Gasteiger partial charge in [0.05, 0.1) is 0 Å². The molecule has 1 aromatic heterocycles. The van der Waals surface area contributed by atoms with E-state index in [1.54, 1.807) is 0 Å². The third-order valence-electron chi connectivity index (χ3n) is 1.25. The first-order chi connectivity index (χ1) is 5.90. The van der Waals surface area contributed by atoms with Gasteiger partial charge in [-0.05, 0) is 6.07 Å². The summed E-state index contributed by atoms with van der Waals surface area (Å²) in [7, 11) is -4.28. The minimum atomic E-state index is -4.28. The highest BCUT2D eigenvalue weighted by Gasteiger charge is 2.19. The number of rotatable bonds is 3. The number of hydrogen-bond acceptors (Lipinski definition) is 3. The van der Waals surface area contributed by atoms with Crippen LogP contribution in [0, 0.1) is 0 Å². The van der Waals surface area contributed by atoms with Gasteiger partial charge >= 0.3 is 13.6 Å².